The van der Waals surface area contributed by atoms with Crippen molar-refractivity contribution in [3.63, 3.8) is 0 Å². The Morgan fingerprint density at radius 2 is 1.96 bits per heavy atom. The summed E-state index contributed by atoms with van der Waals surface area (Å²) < 4.78 is 1.71. The predicted molar refractivity (Wildman–Crippen MR) is 89.2 cm³/mol. The summed E-state index contributed by atoms with van der Waals surface area (Å²) in [6, 6.07) is 4.37. The van der Waals surface area contributed by atoms with Gasteiger partial charge in [0.25, 0.3) is 0 Å². The lowest BCUT2D eigenvalue weighted by Crippen LogP contribution is -2.59. The van der Waals surface area contributed by atoms with Crippen molar-refractivity contribution in [2.75, 3.05) is 29.9 Å². The van der Waals surface area contributed by atoms with Gasteiger partial charge in [0.05, 0.1) is 11.7 Å². The van der Waals surface area contributed by atoms with Gasteiger partial charge in [-0.3, -0.25) is 4.98 Å². The van der Waals surface area contributed by atoms with Crippen LogP contribution in [0.2, 0.25) is 0 Å². The molecule has 2 aliphatic rings. The molecule has 24 heavy (non-hydrogen) atoms. The second-order valence-electron chi connectivity index (χ2n) is 6.53. The first-order valence-corrected chi connectivity index (χ1v) is 8.25. The maximum Gasteiger partial charge on any atom is 0.177 e. The molecule has 1 saturated heterocycles. The first-order chi connectivity index (χ1) is 11.8. The van der Waals surface area contributed by atoms with Crippen LogP contribution in [-0.2, 0) is 0 Å². The highest BCUT2D eigenvalue weighted by Crippen LogP contribution is 2.42. The molecular weight excluding hydrogens is 304 g/mol. The van der Waals surface area contributed by atoms with Gasteiger partial charge in [0.1, 0.15) is 12.1 Å². The number of hydrogen-bond donors (Lipinski definition) is 0. The largest absolute Gasteiger partial charge is 0.352 e. The first-order valence-electron chi connectivity index (χ1n) is 8.25. The molecule has 4 heterocycles. The van der Waals surface area contributed by atoms with Crippen molar-refractivity contribution in [2.45, 2.75) is 24.8 Å². The van der Waals surface area contributed by atoms with Crippen LogP contribution in [0.15, 0.2) is 30.9 Å². The van der Waals surface area contributed by atoms with E-state index < -0.39 is 0 Å². The van der Waals surface area contributed by atoms with E-state index in [9.17, 15) is 0 Å². The van der Waals surface area contributed by atoms with Crippen LogP contribution in [0.3, 0.4) is 0 Å². The van der Waals surface area contributed by atoms with Gasteiger partial charge in [-0.1, -0.05) is 0 Å². The lowest BCUT2D eigenvalue weighted by atomic mass is 10.1. The number of hydrogen-bond acceptors (Lipinski definition) is 7. The van der Waals surface area contributed by atoms with E-state index >= 15 is 0 Å². The normalized spacial score (nSPS) is 18.0. The highest BCUT2D eigenvalue weighted by atomic mass is 15.4. The lowest BCUT2D eigenvalue weighted by molar-refractivity contribution is 0.485. The number of aromatic nitrogens is 6. The molecule has 0 bridgehead atoms. The minimum absolute atomic E-state index is 0.428. The maximum atomic E-state index is 4.58. The van der Waals surface area contributed by atoms with Crippen LogP contribution in [0.4, 0.5) is 11.6 Å². The summed E-state index contributed by atoms with van der Waals surface area (Å²) in [6.45, 7) is 1.86. The molecule has 5 rings (SSSR count). The number of fused-ring (bicyclic) bond motifs is 1. The van der Waals surface area contributed by atoms with Crippen LogP contribution < -0.4 is 9.80 Å². The summed E-state index contributed by atoms with van der Waals surface area (Å²) in [5, 5.41) is 12.4. The van der Waals surface area contributed by atoms with Gasteiger partial charge in [0.15, 0.2) is 11.5 Å². The minimum Gasteiger partial charge on any atom is -0.352 e. The van der Waals surface area contributed by atoms with E-state index in [1.807, 2.05) is 12.1 Å². The van der Waals surface area contributed by atoms with Gasteiger partial charge in [-0.25, -0.2) is 4.98 Å². The van der Waals surface area contributed by atoms with Crippen LogP contribution in [0, 0.1) is 0 Å². The second kappa shape index (κ2) is 5.12. The van der Waals surface area contributed by atoms with E-state index in [-0.39, 0.29) is 0 Å². The summed E-state index contributed by atoms with van der Waals surface area (Å²) in [6.07, 6.45) is 7.69. The molecule has 3 aromatic heterocycles. The molecule has 0 radical (unpaired) electrons. The molecule has 8 nitrogen and oxygen atoms in total. The SMILES string of the molecule is CN(c1nccnc1C1CC1)C1CN(c2ccc3nncn3n2)C1. The third kappa shape index (κ3) is 2.17. The van der Waals surface area contributed by atoms with Crippen molar-refractivity contribution in [2.24, 2.45) is 0 Å². The monoisotopic (exact) mass is 322 g/mol. The molecule has 0 unspecified atom stereocenters. The zero-order valence-corrected chi connectivity index (χ0v) is 13.4. The van der Waals surface area contributed by atoms with Crippen LogP contribution >= 0.6 is 0 Å². The fraction of sp³-hybridized carbons (Fsp3) is 0.438. The van der Waals surface area contributed by atoms with Crippen molar-refractivity contribution in [1.29, 1.82) is 0 Å². The van der Waals surface area contributed by atoms with Gasteiger partial charge in [0, 0.05) is 38.4 Å². The Labute approximate surface area is 139 Å². The summed E-state index contributed by atoms with van der Waals surface area (Å²) in [4.78, 5) is 13.7. The first kappa shape index (κ1) is 13.6. The van der Waals surface area contributed by atoms with Gasteiger partial charge in [-0.15, -0.1) is 15.3 Å². The third-order valence-corrected chi connectivity index (χ3v) is 4.89. The van der Waals surface area contributed by atoms with Crippen LogP contribution in [0.5, 0.6) is 0 Å². The van der Waals surface area contributed by atoms with Crippen molar-refractivity contribution in [3.8, 4) is 0 Å². The van der Waals surface area contributed by atoms with Crippen LogP contribution in [-0.4, -0.2) is 56.0 Å². The Hall–Kier alpha value is -2.77. The molecule has 2 fully saturated rings. The number of anilines is 2. The van der Waals surface area contributed by atoms with Gasteiger partial charge >= 0.3 is 0 Å². The standard InChI is InChI=1S/C16H18N8/c1-22(16-15(11-2-3-11)17-6-7-18-16)12-8-23(9-12)14-5-4-13-20-19-10-24(13)21-14/h4-7,10-12H,2-3,8-9H2,1H3. The van der Waals surface area contributed by atoms with Crippen molar-refractivity contribution < 1.29 is 0 Å². The van der Waals surface area contributed by atoms with Gasteiger partial charge in [-0.05, 0) is 25.0 Å². The topological polar surface area (TPSA) is 75.3 Å². The Kier molecular flexibility index (Phi) is 2.91. The summed E-state index contributed by atoms with van der Waals surface area (Å²) in [5.41, 5.74) is 1.92. The number of likely N-dealkylation sites (N-methyl/N-ethyl adjacent to an activating group) is 1. The molecule has 1 saturated carbocycles. The van der Waals surface area contributed by atoms with Crippen LogP contribution in [0.25, 0.3) is 5.65 Å². The van der Waals surface area contributed by atoms with E-state index in [0.29, 0.717) is 12.0 Å². The summed E-state index contributed by atoms with van der Waals surface area (Å²) in [7, 11) is 2.12. The molecule has 0 aromatic carbocycles. The minimum atomic E-state index is 0.428. The molecule has 1 aliphatic carbocycles. The van der Waals surface area contributed by atoms with Gasteiger partial charge < -0.3 is 9.80 Å². The zero-order chi connectivity index (χ0) is 16.1. The highest BCUT2D eigenvalue weighted by molar-refractivity contribution is 5.52. The Morgan fingerprint density at radius 1 is 1.12 bits per heavy atom. The van der Waals surface area contributed by atoms with Gasteiger partial charge in [0.2, 0.25) is 0 Å². The summed E-state index contributed by atoms with van der Waals surface area (Å²) in [5.74, 6) is 2.59. The maximum absolute atomic E-state index is 4.58. The number of rotatable bonds is 4. The van der Waals surface area contributed by atoms with Crippen molar-refractivity contribution >= 4 is 17.3 Å². The Bertz CT molecular complexity index is 880. The molecule has 8 heteroatoms. The van der Waals surface area contributed by atoms with Gasteiger partial charge in [-0.2, -0.15) is 4.52 Å². The molecule has 0 atom stereocenters. The van der Waals surface area contributed by atoms with Crippen molar-refractivity contribution in [3.05, 3.63) is 36.5 Å². The van der Waals surface area contributed by atoms with E-state index in [1.165, 1.54) is 12.8 Å². The van der Waals surface area contributed by atoms with E-state index in [2.05, 4.69) is 42.1 Å². The zero-order valence-electron chi connectivity index (χ0n) is 13.4. The predicted octanol–water partition coefficient (Wildman–Crippen LogP) is 1.12. The molecule has 3 aromatic rings. The molecule has 1 aliphatic heterocycles. The average molecular weight is 322 g/mol. The van der Waals surface area contributed by atoms with Crippen molar-refractivity contribution in [1.82, 2.24) is 29.8 Å². The third-order valence-electron chi connectivity index (χ3n) is 4.89. The van der Waals surface area contributed by atoms with E-state index in [0.717, 1.165) is 36.1 Å². The highest BCUT2D eigenvalue weighted by Gasteiger charge is 2.35. The molecule has 0 N–H and O–H groups in total. The molecule has 122 valence electrons. The van der Waals surface area contributed by atoms with E-state index in [1.54, 1.807) is 23.2 Å². The molecule has 0 amide bonds. The summed E-state index contributed by atoms with van der Waals surface area (Å²) >= 11 is 0. The number of nitrogens with zero attached hydrogens (tertiary/aromatic N) is 8. The Balaban J connectivity index is 1.32. The average Bonchev–Trinajstić information content (AvgIpc) is 3.31. The quantitative estimate of drug-likeness (QED) is 0.712. The second-order valence-corrected chi connectivity index (χ2v) is 6.53. The van der Waals surface area contributed by atoms with E-state index in [4.69, 9.17) is 0 Å². The fourth-order valence-electron chi connectivity index (χ4n) is 3.21. The van der Waals surface area contributed by atoms with Crippen LogP contribution in [0.1, 0.15) is 24.5 Å². The molecule has 0 spiro atoms. The Morgan fingerprint density at radius 3 is 2.79 bits per heavy atom. The molecular formula is C16H18N8. The smallest absolute Gasteiger partial charge is 0.177 e. The lowest BCUT2D eigenvalue weighted by Gasteiger charge is -2.45. The fourth-order valence-corrected chi connectivity index (χ4v) is 3.21.